The molecule has 0 unspecified atom stereocenters. The zero-order chi connectivity index (χ0) is 11.4. The van der Waals surface area contributed by atoms with Crippen LogP contribution in [-0.2, 0) is 6.42 Å². The van der Waals surface area contributed by atoms with Crippen molar-refractivity contribution >= 4 is 11.4 Å². The maximum Gasteiger partial charge on any atom is 0.0414 e. The van der Waals surface area contributed by atoms with E-state index in [1.165, 1.54) is 16.8 Å². The fraction of sp³-hybridized carbons (Fsp3) is 0.200. The van der Waals surface area contributed by atoms with E-state index in [9.17, 15) is 0 Å². The normalized spacial score (nSPS) is 10.1. The first-order valence-corrected chi connectivity index (χ1v) is 5.71. The Hall–Kier alpha value is -1.76. The van der Waals surface area contributed by atoms with Crippen LogP contribution in [0.4, 0.5) is 11.4 Å². The first-order valence-electron chi connectivity index (χ1n) is 5.71. The average molecular weight is 211 g/mol. The number of benzene rings is 2. The zero-order valence-electron chi connectivity index (χ0n) is 9.83. The number of para-hydroxylation sites is 1. The number of hydrogen-bond acceptors (Lipinski definition) is 1. The van der Waals surface area contributed by atoms with Crippen LogP contribution in [0.3, 0.4) is 0 Å². The van der Waals surface area contributed by atoms with Crippen molar-refractivity contribution in [3.05, 3.63) is 59.7 Å². The van der Waals surface area contributed by atoms with E-state index in [1.54, 1.807) is 0 Å². The van der Waals surface area contributed by atoms with Gasteiger partial charge in [0.05, 0.1) is 0 Å². The molecule has 1 N–H and O–H groups in total. The minimum Gasteiger partial charge on any atom is -0.355 e. The van der Waals surface area contributed by atoms with Crippen molar-refractivity contribution < 1.29 is 0 Å². The fourth-order valence-corrected chi connectivity index (χ4v) is 1.76. The Kier molecular flexibility index (Phi) is 3.25. The van der Waals surface area contributed by atoms with E-state index in [1.807, 2.05) is 18.2 Å². The third kappa shape index (κ3) is 2.43. The summed E-state index contributed by atoms with van der Waals surface area (Å²) in [6, 6.07) is 16.8. The lowest BCUT2D eigenvalue weighted by molar-refractivity contribution is 1.13. The maximum atomic E-state index is 3.42. The monoisotopic (exact) mass is 211 g/mol. The quantitative estimate of drug-likeness (QED) is 0.798. The molecule has 0 aliphatic heterocycles. The molecule has 2 aromatic rings. The van der Waals surface area contributed by atoms with E-state index in [0.717, 1.165) is 12.1 Å². The standard InChI is InChI=1S/C15H17N/c1-3-13-9-10-15(12(2)11-13)16-14-7-5-4-6-8-14/h4-11,16H,3H2,1-2H3. The molecule has 0 amide bonds. The molecule has 82 valence electrons. The average Bonchev–Trinajstić information content (AvgIpc) is 2.33. The molecule has 1 heteroatoms. The third-order valence-corrected chi connectivity index (χ3v) is 2.75. The minimum atomic E-state index is 1.09. The molecule has 0 aromatic heterocycles. The first-order chi connectivity index (χ1) is 7.79. The molecular formula is C15H17N. The second kappa shape index (κ2) is 4.84. The van der Waals surface area contributed by atoms with Crippen molar-refractivity contribution in [2.45, 2.75) is 20.3 Å². The van der Waals surface area contributed by atoms with Gasteiger partial charge in [-0.05, 0) is 42.7 Å². The van der Waals surface area contributed by atoms with Crippen molar-refractivity contribution in [1.82, 2.24) is 0 Å². The molecule has 16 heavy (non-hydrogen) atoms. The number of rotatable bonds is 3. The lowest BCUT2D eigenvalue weighted by Gasteiger charge is -2.10. The van der Waals surface area contributed by atoms with Crippen molar-refractivity contribution in [1.29, 1.82) is 0 Å². The van der Waals surface area contributed by atoms with Crippen LogP contribution in [0.25, 0.3) is 0 Å². The summed E-state index contributed by atoms with van der Waals surface area (Å²) >= 11 is 0. The van der Waals surface area contributed by atoms with E-state index < -0.39 is 0 Å². The largest absolute Gasteiger partial charge is 0.355 e. The molecule has 2 aromatic carbocycles. The van der Waals surface area contributed by atoms with E-state index >= 15 is 0 Å². The second-order valence-electron chi connectivity index (χ2n) is 3.99. The summed E-state index contributed by atoms with van der Waals surface area (Å²) in [4.78, 5) is 0. The number of aryl methyl sites for hydroxylation is 2. The van der Waals surface area contributed by atoms with Gasteiger partial charge in [-0.2, -0.15) is 0 Å². The lowest BCUT2D eigenvalue weighted by Crippen LogP contribution is -1.93. The first kappa shape index (κ1) is 10.7. The highest BCUT2D eigenvalue weighted by atomic mass is 14.9. The van der Waals surface area contributed by atoms with E-state index in [2.05, 4.69) is 49.5 Å². The van der Waals surface area contributed by atoms with Crippen LogP contribution in [0.5, 0.6) is 0 Å². The molecule has 0 fully saturated rings. The smallest absolute Gasteiger partial charge is 0.0414 e. The molecule has 0 heterocycles. The van der Waals surface area contributed by atoms with Crippen molar-refractivity contribution in [3.8, 4) is 0 Å². The third-order valence-electron chi connectivity index (χ3n) is 2.75. The summed E-state index contributed by atoms with van der Waals surface area (Å²) in [6.45, 7) is 4.32. The number of anilines is 2. The van der Waals surface area contributed by atoms with Crippen LogP contribution < -0.4 is 5.32 Å². The van der Waals surface area contributed by atoms with Crippen LogP contribution in [0.15, 0.2) is 48.5 Å². The van der Waals surface area contributed by atoms with E-state index in [4.69, 9.17) is 0 Å². The fourth-order valence-electron chi connectivity index (χ4n) is 1.76. The van der Waals surface area contributed by atoms with Gasteiger partial charge in [0.15, 0.2) is 0 Å². The van der Waals surface area contributed by atoms with Gasteiger partial charge in [0, 0.05) is 11.4 Å². The molecule has 0 aliphatic rings. The Morgan fingerprint density at radius 3 is 2.38 bits per heavy atom. The van der Waals surface area contributed by atoms with Gasteiger partial charge in [0.25, 0.3) is 0 Å². The highest BCUT2D eigenvalue weighted by Crippen LogP contribution is 2.21. The summed E-state index contributed by atoms with van der Waals surface area (Å²) in [5, 5.41) is 3.42. The minimum absolute atomic E-state index is 1.09. The molecular weight excluding hydrogens is 194 g/mol. The van der Waals surface area contributed by atoms with Crippen molar-refractivity contribution in [2.75, 3.05) is 5.32 Å². The van der Waals surface area contributed by atoms with Gasteiger partial charge in [-0.1, -0.05) is 37.3 Å². The molecule has 1 nitrogen and oxygen atoms in total. The van der Waals surface area contributed by atoms with Gasteiger partial charge in [-0.15, -0.1) is 0 Å². The molecule has 0 bridgehead atoms. The Labute approximate surface area is 97.1 Å². The van der Waals surface area contributed by atoms with Gasteiger partial charge < -0.3 is 5.32 Å². The van der Waals surface area contributed by atoms with E-state index in [-0.39, 0.29) is 0 Å². The zero-order valence-corrected chi connectivity index (χ0v) is 9.83. The molecule has 0 aliphatic carbocycles. The van der Waals surface area contributed by atoms with Crippen molar-refractivity contribution in [3.63, 3.8) is 0 Å². The summed E-state index contributed by atoms with van der Waals surface area (Å²) in [6.07, 6.45) is 1.09. The highest BCUT2D eigenvalue weighted by molar-refractivity contribution is 5.63. The van der Waals surface area contributed by atoms with Gasteiger partial charge in [0.2, 0.25) is 0 Å². The Morgan fingerprint density at radius 1 is 1.00 bits per heavy atom. The van der Waals surface area contributed by atoms with Crippen LogP contribution in [0.1, 0.15) is 18.1 Å². The Morgan fingerprint density at radius 2 is 1.75 bits per heavy atom. The Bertz CT molecular complexity index is 460. The number of nitrogens with one attached hydrogen (secondary N) is 1. The van der Waals surface area contributed by atoms with Crippen LogP contribution in [0.2, 0.25) is 0 Å². The highest BCUT2D eigenvalue weighted by Gasteiger charge is 1.99. The molecule has 0 radical (unpaired) electrons. The van der Waals surface area contributed by atoms with E-state index in [0.29, 0.717) is 0 Å². The molecule has 2 rings (SSSR count). The molecule has 0 saturated heterocycles. The predicted octanol–water partition coefficient (Wildman–Crippen LogP) is 4.30. The second-order valence-corrected chi connectivity index (χ2v) is 3.99. The topological polar surface area (TPSA) is 12.0 Å². The van der Waals surface area contributed by atoms with Gasteiger partial charge >= 0.3 is 0 Å². The maximum absolute atomic E-state index is 3.42. The van der Waals surface area contributed by atoms with Crippen LogP contribution >= 0.6 is 0 Å². The molecule has 0 spiro atoms. The summed E-state index contributed by atoms with van der Waals surface area (Å²) in [5.41, 5.74) is 5.00. The summed E-state index contributed by atoms with van der Waals surface area (Å²) < 4.78 is 0. The lowest BCUT2D eigenvalue weighted by atomic mass is 10.1. The van der Waals surface area contributed by atoms with Crippen LogP contribution in [0, 0.1) is 6.92 Å². The Balaban J connectivity index is 2.22. The molecule has 0 saturated carbocycles. The van der Waals surface area contributed by atoms with Gasteiger partial charge in [-0.3, -0.25) is 0 Å². The van der Waals surface area contributed by atoms with Gasteiger partial charge in [0.1, 0.15) is 0 Å². The summed E-state index contributed by atoms with van der Waals surface area (Å²) in [7, 11) is 0. The predicted molar refractivity (Wildman–Crippen MR) is 70.3 cm³/mol. The van der Waals surface area contributed by atoms with Crippen LogP contribution in [-0.4, -0.2) is 0 Å². The SMILES string of the molecule is CCc1ccc(Nc2ccccc2)c(C)c1. The van der Waals surface area contributed by atoms with Crippen molar-refractivity contribution in [2.24, 2.45) is 0 Å². The summed E-state index contributed by atoms with van der Waals surface area (Å²) in [5.74, 6) is 0. The molecule has 0 atom stereocenters. The van der Waals surface area contributed by atoms with Gasteiger partial charge in [-0.25, -0.2) is 0 Å². The number of hydrogen-bond donors (Lipinski definition) is 1.